The molecule has 3 amide bonds. The molecule has 86 valence electrons. The summed E-state index contributed by atoms with van der Waals surface area (Å²) in [5, 5.41) is 12.3. The number of nitrogens with zero attached hydrogens (tertiary/aromatic N) is 2. The molecule has 0 bridgehead atoms. The van der Waals surface area contributed by atoms with Gasteiger partial charge in [-0.1, -0.05) is 17.7 Å². The van der Waals surface area contributed by atoms with Crippen molar-refractivity contribution in [2.24, 2.45) is 0 Å². The molecule has 6 nitrogen and oxygen atoms in total. The zero-order valence-electron chi connectivity index (χ0n) is 8.48. The highest BCUT2D eigenvalue weighted by atomic mass is 35.5. The standard InChI is InChI=1S/C10H7ClN4O2/c11-6-2-1-3-7(4-6)15-10(17)13-9(16)8(5-12)14-15/h1-4,8,14H,(H,13,16,17). The number of hydrogen-bond donors (Lipinski definition) is 2. The first-order valence-corrected chi connectivity index (χ1v) is 5.06. The summed E-state index contributed by atoms with van der Waals surface area (Å²) in [6.45, 7) is 0. The van der Waals surface area contributed by atoms with Gasteiger partial charge in [-0.15, -0.1) is 0 Å². The molecular weight excluding hydrogens is 244 g/mol. The number of hydrogen-bond acceptors (Lipinski definition) is 4. The molecule has 1 aromatic carbocycles. The van der Waals surface area contributed by atoms with Crippen LogP contribution in [0.2, 0.25) is 5.02 Å². The maximum atomic E-state index is 11.6. The second-order valence-electron chi connectivity index (χ2n) is 3.30. The van der Waals surface area contributed by atoms with E-state index in [1.807, 2.05) is 0 Å². The molecule has 1 aliphatic heterocycles. The van der Waals surface area contributed by atoms with Crippen molar-refractivity contribution in [3.63, 3.8) is 0 Å². The highest BCUT2D eigenvalue weighted by Crippen LogP contribution is 2.19. The first-order chi connectivity index (χ1) is 8.11. The van der Waals surface area contributed by atoms with Crippen LogP contribution in [0, 0.1) is 11.3 Å². The Morgan fingerprint density at radius 1 is 1.41 bits per heavy atom. The molecule has 1 aromatic rings. The van der Waals surface area contributed by atoms with E-state index in [1.54, 1.807) is 30.3 Å². The lowest BCUT2D eigenvalue weighted by atomic mass is 10.2. The summed E-state index contributed by atoms with van der Waals surface area (Å²) in [4.78, 5) is 22.8. The molecule has 17 heavy (non-hydrogen) atoms. The number of halogens is 1. The predicted molar refractivity (Wildman–Crippen MR) is 60.0 cm³/mol. The molecule has 0 aliphatic carbocycles. The molecular formula is C10H7ClN4O2. The zero-order chi connectivity index (χ0) is 12.4. The van der Waals surface area contributed by atoms with Gasteiger partial charge in [0.2, 0.25) is 0 Å². The molecule has 1 heterocycles. The highest BCUT2D eigenvalue weighted by molar-refractivity contribution is 6.31. The van der Waals surface area contributed by atoms with Gasteiger partial charge in [-0.25, -0.2) is 9.80 Å². The smallest absolute Gasteiger partial charge is 0.274 e. The van der Waals surface area contributed by atoms with Gasteiger partial charge in [0.1, 0.15) is 0 Å². The van der Waals surface area contributed by atoms with Crippen LogP contribution in [0.15, 0.2) is 24.3 Å². The van der Waals surface area contributed by atoms with Crippen LogP contribution >= 0.6 is 11.6 Å². The van der Waals surface area contributed by atoms with E-state index in [2.05, 4.69) is 10.7 Å². The van der Waals surface area contributed by atoms with E-state index < -0.39 is 18.0 Å². The number of amides is 3. The number of urea groups is 1. The summed E-state index contributed by atoms with van der Waals surface area (Å²) < 4.78 is 0. The van der Waals surface area contributed by atoms with Gasteiger partial charge in [-0.3, -0.25) is 10.1 Å². The van der Waals surface area contributed by atoms with Gasteiger partial charge in [0.25, 0.3) is 5.91 Å². The second-order valence-corrected chi connectivity index (χ2v) is 3.74. The van der Waals surface area contributed by atoms with Crippen LogP contribution < -0.4 is 15.8 Å². The zero-order valence-corrected chi connectivity index (χ0v) is 9.23. The molecule has 2 rings (SSSR count). The van der Waals surface area contributed by atoms with Gasteiger partial charge in [-0.05, 0) is 18.2 Å². The Labute approximate surface area is 102 Å². The number of anilines is 1. The largest absolute Gasteiger partial charge is 0.343 e. The second kappa shape index (κ2) is 4.41. The summed E-state index contributed by atoms with van der Waals surface area (Å²) in [5.74, 6) is -0.671. The Kier molecular flexibility index (Phi) is 2.95. The van der Waals surface area contributed by atoms with E-state index in [1.165, 1.54) is 0 Å². The van der Waals surface area contributed by atoms with Crippen molar-refractivity contribution in [2.45, 2.75) is 6.04 Å². The van der Waals surface area contributed by atoms with E-state index in [0.717, 1.165) is 5.01 Å². The van der Waals surface area contributed by atoms with Gasteiger partial charge >= 0.3 is 6.03 Å². The minimum absolute atomic E-state index is 0.447. The van der Waals surface area contributed by atoms with E-state index in [0.29, 0.717) is 10.7 Å². The fourth-order valence-electron chi connectivity index (χ4n) is 1.37. The van der Waals surface area contributed by atoms with Gasteiger partial charge in [0.15, 0.2) is 6.04 Å². The molecule has 0 spiro atoms. The number of benzene rings is 1. The van der Waals surface area contributed by atoms with E-state index in [-0.39, 0.29) is 0 Å². The monoisotopic (exact) mass is 250 g/mol. The average Bonchev–Trinajstić information content (AvgIpc) is 2.29. The number of carbonyl (C=O) groups excluding carboxylic acids is 2. The average molecular weight is 251 g/mol. The predicted octanol–water partition coefficient (Wildman–Crippen LogP) is 0.793. The topological polar surface area (TPSA) is 85.2 Å². The minimum Gasteiger partial charge on any atom is -0.274 e. The number of imide groups is 1. The third-order valence-electron chi connectivity index (χ3n) is 2.15. The molecule has 2 N–H and O–H groups in total. The van der Waals surface area contributed by atoms with Gasteiger partial charge in [0.05, 0.1) is 11.8 Å². The molecule has 7 heteroatoms. The van der Waals surface area contributed by atoms with E-state index in [4.69, 9.17) is 16.9 Å². The van der Waals surface area contributed by atoms with Gasteiger partial charge in [-0.2, -0.15) is 10.7 Å². The van der Waals surface area contributed by atoms with Crippen molar-refractivity contribution in [1.82, 2.24) is 10.7 Å². The van der Waals surface area contributed by atoms with E-state index >= 15 is 0 Å². The fraction of sp³-hybridized carbons (Fsp3) is 0.100. The van der Waals surface area contributed by atoms with Crippen LogP contribution in [-0.4, -0.2) is 18.0 Å². The lowest BCUT2D eigenvalue weighted by Gasteiger charge is -2.29. The molecule has 1 aliphatic rings. The van der Waals surface area contributed by atoms with Crippen LogP contribution in [0.1, 0.15) is 0 Å². The third-order valence-corrected chi connectivity index (χ3v) is 2.38. The molecule has 1 fully saturated rings. The number of rotatable bonds is 1. The SMILES string of the molecule is N#CC1NN(c2cccc(Cl)c2)C(=O)NC1=O. The number of carbonyl (C=O) groups is 2. The third kappa shape index (κ3) is 2.20. The Bertz CT molecular complexity index is 525. The highest BCUT2D eigenvalue weighted by Gasteiger charge is 2.32. The Balaban J connectivity index is 2.30. The Hall–Kier alpha value is -2.10. The van der Waals surface area contributed by atoms with Crippen molar-refractivity contribution < 1.29 is 9.59 Å². The summed E-state index contributed by atoms with van der Waals surface area (Å²) in [6.07, 6.45) is 0. The van der Waals surface area contributed by atoms with Crippen molar-refractivity contribution in [3.8, 4) is 6.07 Å². The number of nitriles is 1. The fourth-order valence-corrected chi connectivity index (χ4v) is 1.56. The van der Waals surface area contributed by atoms with Crippen LogP contribution in [0.25, 0.3) is 0 Å². The normalized spacial score (nSPS) is 19.8. The number of nitrogens with one attached hydrogen (secondary N) is 2. The molecule has 1 atom stereocenters. The molecule has 0 saturated carbocycles. The molecule has 0 radical (unpaired) electrons. The van der Waals surface area contributed by atoms with Gasteiger partial charge in [0, 0.05) is 5.02 Å². The minimum atomic E-state index is -1.10. The van der Waals surface area contributed by atoms with Gasteiger partial charge < -0.3 is 0 Å². The Morgan fingerprint density at radius 2 is 2.18 bits per heavy atom. The first-order valence-electron chi connectivity index (χ1n) is 4.68. The van der Waals surface area contributed by atoms with Crippen LogP contribution in [-0.2, 0) is 4.79 Å². The molecule has 1 saturated heterocycles. The van der Waals surface area contributed by atoms with Crippen molar-refractivity contribution in [2.75, 3.05) is 5.01 Å². The number of hydrazine groups is 1. The lowest BCUT2D eigenvalue weighted by Crippen LogP contribution is -2.64. The summed E-state index contributed by atoms with van der Waals surface area (Å²) in [5.41, 5.74) is 2.95. The maximum absolute atomic E-state index is 11.6. The maximum Gasteiger partial charge on any atom is 0.343 e. The van der Waals surface area contributed by atoms with Crippen LogP contribution in [0.5, 0.6) is 0 Å². The summed E-state index contributed by atoms with van der Waals surface area (Å²) >= 11 is 5.79. The lowest BCUT2D eigenvalue weighted by molar-refractivity contribution is -0.121. The van der Waals surface area contributed by atoms with Crippen LogP contribution in [0.3, 0.4) is 0 Å². The van der Waals surface area contributed by atoms with Crippen molar-refractivity contribution in [1.29, 1.82) is 5.26 Å². The molecule has 0 aromatic heterocycles. The van der Waals surface area contributed by atoms with E-state index in [9.17, 15) is 9.59 Å². The summed E-state index contributed by atoms with van der Waals surface area (Å²) in [7, 11) is 0. The van der Waals surface area contributed by atoms with Crippen molar-refractivity contribution >= 4 is 29.2 Å². The Morgan fingerprint density at radius 3 is 2.82 bits per heavy atom. The van der Waals surface area contributed by atoms with Crippen LogP contribution in [0.4, 0.5) is 10.5 Å². The first kappa shape index (κ1) is 11.4. The summed E-state index contributed by atoms with van der Waals surface area (Å²) in [6, 6.07) is 6.46. The quantitative estimate of drug-likeness (QED) is 0.772. The van der Waals surface area contributed by atoms with Crippen molar-refractivity contribution in [3.05, 3.63) is 29.3 Å². The molecule has 1 unspecified atom stereocenters.